The van der Waals surface area contributed by atoms with E-state index in [9.17, 15) is 18.8 Å². The molecule has 4 rings (SSSR count). The molecule has 3 aromatic rings. The Morgan fingerprint density at radius 2 is 1.72 bits per heavy atom. The average Bonchev–Trinajstić information content (AvgIpc) is 3.17. The summed E-state index contributed by atoms with van der Waals surface area (Å²) in [6.45, 7) is 4.68. The molecule has 0 radical (unpaired) electrons. The van der Waals surface area contributed by atoms with Crippen LogP contribution in [-0.4, -0.2) is 29.2 Å². The Hall–Kier alpha value is -3.47. The fraction of sp³-hybridized carbons (Fsp3) is 0.222. The van der Waals surface area contributed by atoms with Gasteiger partial charge in [0, 0.05) is 16.1 Å². The zero-order chi connectivity index (χ0) is 28.6. The van der Waals surface area contributed by atoms with Crippen LogP contribution in [0.4, 0.5) is 8.78 Å². The smallest absolute Gasteiger partial charge is 0.338 e. The van der Waals surface area contributed by atoms with E-state index in [1.165, 1.54) is 36.4 Å². The lowest BCUT2D eigenvalue weighted by Crippen LogP contribution is -2.42. The number of rotatable bonds is 6. The summed E-state index contributed by atoms with van der Waals surface area (Å²) in [5.74, 6) is -5.31. The first-order valence-electron chi connectivity index (χ1n) is 11.7. The summed E-state index contributed by atoms with van der Waals surface area (Å²) in [6.07, 6.45) is 0.600. The third-order valence-corrected chi connectivity index (χ3v) is 7.54. The lowest BCUT2D eigenvalue weighted by atomic mass is 9.82. The first-order chi connectivity index (χ1) is 18.5. The van der Waals surface area contributed by atoms with Gasteiger partial charge in [-0.25, -0.2) is 18.4 Å². The second-order valence-electron chi connectivity index (χ2n) is 8.65. The zero-order valence-corrected chi connectivity index (χ0v) is 23.2. The summed E-state index contributed by atoms with van der Waals surface area (Å²) in [6, 6.07) is 7.89. The van der Waals surface area contributed by atoms with E-state index in [1.54, 1.807) is 20.8 Å². The molecule has 0 saturated carbocycles. The van der Waals surface area contributed by atoms with E-state index >= 15 is 4.39 Å². The summed E-state index contributed by atoms with van der Waals surface area (Å²) >= 11 is 13.3. The highest BCUT2D eigenvalue weighted by molar-refractivity contribution is 7.07. The topological polar surface area (TPSA) is 101 Å². The van der Waals surface area contributed by atoms with Crippen molar-refractivity contribution in [1.29, 1.82) is 0 Å². The van der Waals surface area contributed by atoms with Gasteiger partial charge in [-0.05, 0) is 51.1 Å². The maximum atomic E-state index is 15.3. The van der Waals surface area contributed by atoms with Crippen molar-refractivity contribution in [2.45, 2.75) is 32.8 Å². The van der Waals surface area contributed by atoms with Gasteiger partial charge in [0.2, 0.25) is 0 Å². The van der Waals surface area contributed by atoms with Crippen molar-refractivity contribution in [2.24, 2.45) is 5.73 Å². The van der Waals surface area contributed by atoms with E-state index in [4.69, 9.17) is 38.4 Å². The SMILES string of the molecule is CCOC(=O)C1=C(N)n2c(sc(=Cc3c(F)cccc3Cl)c2=O)=C(C(=O)OC(C)C)[C@@H]1c1c(F)cccc1Cl. The number of fused-ring (bicyclic) bond motifs is 1. The molecule has 0 fully saturated rings. The van der Waals surface area contributed by atoms with Crippen LogP contribution in [0.2, 0.25) is 10.0 Å². The van der Waals surface area contributed by atoms with Crippen molar-refractivity contribution >= 4 is 63.9 Å². The van der Waals surface area contributed by atoms with Crippen molar-refractivity contribution in [3.8, 4) is 0 Å². The maximum absolute atomic E-state index is 15.3. The largest absolute Gasteiger partial charge is 0.463 e. The van der Waals surface area contributed by atoms with Crippen LogP contribution in [0.15, 0.2) is 46.8 Å². The summed E-state index contributed by atoms with van der Waals surface area (Å²) in [5, 5.41) is -0.0531. The molecule has 2 heterocycles. The van der Waals surface area contributed by atoms with Gasteiger partial charge in [-0.3, -0.25) is 9.36 Å². The number of nitrogens with two attached hydrogens (primary N) is 1. The first-order valence-corrected chi connectivity index (χ1v) is 13.3. The highest BCUT2D eigenvalue weighted by Gasteiger charge is 2.42. The number of benzene rings is 2. The molecular weight excluding hydrogens is 573 g/mol. The monoisotopic (exact) mass is 594 g/mol. The molecule has 12 heteroatoms. The van der Waals surface area contributed by atoms with Gasteiger partial charge in [-0.15, -0.1) is 11.3 Å². The highest BCUT2D eigenvalue weighted by Crippen LogP contribution is 2.42. The lowest BCUT2D eigenvalue weighted by molar-refractivity contribution is -0.140. The van der Waals surface area contributed by atoms with Gasteiger partial charge < -0.3 is 15.2 Å². The molecule has 0 spiro atoms. The van der Waals surface area contributed by atoms with E-state index in [2.05, 4.69) is 0 Å². The molecule has 0 saturated heterocycles. The van der Waals surface area contributed by atoms with E-state index in [1.807, 2.05) is 0 Å². The van der Waals surface area contributed by atoms with E-state index in [0.29, 0.717) is 0 Å². The number of hydrogen-bond donors (Lipinski definition) is 1. The number of carbonyl (C=O) groups excluding carboxylic acids is 2. The van der Waals surface area contributed by atoms with Crippen molar-refractivity contribution in [1.82, 2.24) is 4.57 Å². The minimum atomic E-state index is -1.48. The van der Waals surface area contributed by atoms with Gasteiger partial charge in [0.05, 0.1) is 39.3 Å². The summed E-state index contributed by atoms with van der Waals surface area (Å²) < 4.78 is 41.3. The van der Waals surface area contributed by atoms with Crippen molar-refractivity contribution in [3.05, 3.63) is 94.3 Å². The molecule has 2 aromatic carbocycles. The van der Waals surface area contributed by atoms with Gasteiger partial charge in [0.15, 0.2) is 0 Å². The van der Waals surface area contributed by atoms with Gasteiger partial charge >= 0.3 is 11.9 Å². The van der Waals surface area contributed by atoms with Gasteiger partial charge in [-0.2, -0.15) is 0 Å². The van der Waals surface area contributed by atoms with Crippen LogP contribution in [0.5, 0.6) is 0 Å². The fourth-order valence-corrected chi connectivity index (χ4v) is 5.82. The number of esters is 2. The van der Waals surface area contributed by atoms with E-state index in [-0.39, 0.29) is 48.1 Å². The second-order valence-corrected chi connectivity index (χ2v) is 10.5. The number of carbonyl (C=O) groups is 2. The summed E-state index contributed by atoms with van der Waals surface area (Å²) in [4.78, 5) is 40.4. The molecule has 1 atom stereocenters. The minimum absolute atomic E-state index is 0.0424. The van der Waals surface area contributed by atoms with E-state index in [0.717, 1.165) is 22.0 Å². The van der Waals surface area contributed by atoms with Crippen LogP contribution in [0, 0.1) is 11.6 Å². The fourth-order valence-electron chi connectivity index (χ4n) is 4.19. The molecular formula is C27H22Cl2F2N2O5S. The Labute approximate surface area is 235 Å². The van der Waals surface area contributed by atoms with Crippen molar-refractivity contribution < 1.29 is 27.8 Å². The van der Waals surface area contributed by atoms with Gasteiger partial charge in [-0.1, -0.05) is 35.3 Å². The van der Waals surface area contributed by atoms with Crippen LogP contribution < -0.4 is 20.5 Å². The summed E-state index contributed by atoms with van der Waals surface area (Å²) in [7, 11) is 0. The molecule has 39 heavy (non-hydrogen) atoms. The van der Waals surface area contributed by atoms with Crippen LogP contribution in [-0.2, 0) is 19.1 Å². The Kier molecular flexibility index (Phi) is 8.29. The zero-order valence-electron chi connectivity index (χ0n) is 20.9. The third kappa shape index (κ3) is 5.24. The normalized spacial score (nSPS) is 15.5. The summed E-state index contributed by atoms with van der Waals surface area (Å²) in [5.41, 5.74) is 4.70. The van der Waals surface area contributed by atoms with Gasteiger partial charge in [0.25, 0.3) is 5.56 Å². The first kappa shape index (κ1) is 28.5. The number of hydrogen-bond acceptors (Lipinski definition) is 7. The molecule has 0 unspecified atom stereocenters. The average molecular weight is 595 g/mol. The second kappa shape index (κ2) is 11.3. The van der Waals surface area contributed by atoms with Crippen LogP contribution in [0.1, 0.15) is 37.8 Å². The minimum Gasteiger partial charge on any atom is -0.463 e. The maximum Gasteiger partial charge on any atom is 0.338 e. The standard InChI is InChI=1S/C27H22Cl2F2N2O5S/c1-4-37-26(35)21-20(19-15(29)8-6-10-17(19)31)22(27(36)38-12(2)3)25-33(23(21)32)24(34)18(39-25)11-13-14(28)7-5-9-16(13)30/h5-12,20H,4,32H2,1-3H3/t20-/m1/s1. The number of ether oxygens (including phenoxy) is 2. The van der Waals surface area contributed by atoms with E-state index < -0.39 is 47.0 Å². The number of thiazole rings is 1. The molecule has 7 nitrogen and oxygen atoms in total. The number of nitrogens with zero attached hydrogens (tertiary/aromatic N) is 1. The number of aromatic nitrogens is 1. The molecule has 0 aliphatic carbocycles. The van der Waals surface area contributed by atoms with Gasteiger partial charge in [0.1, 0.15) is 22.1 Å². The molecule has 1 aliphatic heterocycles. The molecule has 0 amide bonds. The Balaban J connectivity index is 2.20. The molecule has 1 aliphatic rings. The van der Waals surface area contributed by atoms with Crippen molar-refractivity contribution in [3.63, 3.8) is 0 Å². The number of halogens is 4. The van der Waals surface area contributed by atoms with Crippen LogP contribution in [0.3, 0.4) is 0 Å². The quantitative estimate of drug-likeness (QED) is 0.434. The predicted molar refractivity (Wildman–Crippen MR) is 146 cm³/mol. The van der Waals surface area contributed by atoms with Crippen molar-refractivity contribution in [2.75, 3.05) is 6.61 Å². The van der Waals surface area contributed by atoms with Crippen LogP contribution in [0.25, 0.3) is 17.5 Å². The Morgan fingerprint density at radius 3 is 2.31 bits per heavy atom. The Bertz CT molecular complexity index is 1670. The highest BCUT2D eigenvalue weighted by atomic mass is 35.5. The predicted octanol–water partition coefficient (Wildman–Crippen LogP) is 3.91. The molecule has 204 valence electrons. The molecule has 2 N–H and O–H groups in total. The molecule has 0 bridgehead atoms. The third-order valence-electron chi connectivity index (χ3n) is 5.77. The lowest BCUT2D eigenvalue weighted by Gasteiger charge is -2.28. The van der Waals surface area contributed by atoms with Crippen LogP contribution >= 0.6 is 34.5 Å². The Morgan fingerprint density at radius 1 is 1.08 bits per heavy atom. The molecule has 1 aromatic heterocycles.